The first-order valence-electron chi connectivity index (χ1n) is 18.3. The molecule has 3 N–H and O–H groups in total. The Morgan fingerprint density at radius 1 is 1.06 bits per heavy atom. The molecule has 2 aliphatic rings. The molecule has 0 bridgehead atoms. The van der Waals surface area contributed by atoms with E-state index in [0.717, 1.165) is 44.2 Å². The Balaban J connectivity index is 1.46. The molecule has 1 saturated carbocycles. The number of piperidine rings is 1. The third kappa shape index (κ3) is 11.3. The Kier molecular flexibility index (Phi) is 14.8. The number of benzene rings is 1. The lowest BCUT2D eigenvalue weighted by atomic mass is 9.95. The van der Waals surface area contributed by atoms with E-state index in [2.05, 4.69) is 29.4 Å². The van der Waals surface area contributed by atoms with Gasteiger partial charge < -0.3 is 25.4 Å². The topological polar surface area (TPSA) is 141 Å². The summed E-state index contributed by atoms with van der Waals surface area (Å²) in [5, 5.41) is 18.1. The van der Waals surface area contributed by atoms with E-state index in [-0.39, 0.29) is 47.8 Å². The fourth-order valence-corrected chi connectivity index (χ4v) is 7.81. The van der Waals surface area contributed by atoms with Crippen molar-refractivity contribution in [2.45, 2.75) is 116 Å². The van der Waals surface area contributed by atoms with Gasteiger partial charge in [0.15, 0.2) is 0 Å². The number of hydrogen-bond donors (Lipinski definition) is 3. The fraction of sp³-hybridized carbons (Fsp3) is 0.658. The van der Waals surface area contributed by atoms with Crippen LogP contribution in [0.2, 0.25) is 0 Å². The van der Waals surface area contributed by atoms with Gasteiger partial charge in [0, 0.05) is 37.5 Å². The largest absolute Gasteiger partial charge is 0.481 e. The summed E-state index contributed by atoms with van der Waals surface area (Å²) in [6.45, 7) is 9.02. The first-order valence-corrected chi connectivity index (χ1v) is 19.2. The minimum atomic E-state index is -0.908. The maximum Gasteiger partial charge on any atom is 0.306 e. The monoisotopic (exact) mass is 711 g/mol. The molecule has 3 amide bonds. The first kappa shape index (κ1) is 39.4. The molecule has 1 saturated heterocycles. The minimum Gasteiger partial charge on any atom is -0.481 e. The summed E-state index contributed by atoms with van der Waals surface area (Å²) in [6.07, 6.45) is 6.51. The SMILES string of the molecule is CCO[C@H](C[C@H](C(C)C)N(C)C(=O)[C@H](CC1CC1)NC(=O)[C@H]1CCCCN1C)c1nc(C(=O)N[C@@H](Cc2ccccc2)C[C@H](C)C(=O)O)cs1. The molecule has 1 aromatic heterocycles. The van der Waals surface area contributed by atoms with Gasteiger partial charge in [-0.05, 0) is 70.0 Å². The molecule has 276 valence electrons. The molecule has 2 fully saturated rings. The Labute approximate surface area is 301 Å². The first-order chi connectivity index (χ1) is 23.9. The van der Waals surface area contributed by atoms with Crippen molar-refractivity contribution in [3.63, 3.8) is 0 Å². The molecule has 1 aliphatic heterocycles. The van der Waals surface area contributed by atoms with Gasteiger partial charge in [-0.1, -0.05) is 70.4 Å². The van der Waals surface area contributed by atoms with Crippen molar-refractivity contribution < 1.29 is 29.0 Å². The van der Waals surface area contributed by atoms with Gasteiger partial charge in [0.05, 0.1) is 12.0 Å². The van der Waals surface area contributed by atoms with Crippen LogP contribution in [0.4, 0.5) is 0 Å². The highest BCUT2D eigenvalue weighted by atomic mass is 32.1. The summed E-state index contributed by atoms with van der Waals surface area (Å²) < 4.78 is 6.20. The molecular formula is C38H57N5O6S. The number of carboxylic acids is 1. The van der Waals surface area contributed by atoms with Gasteiger partial charge >= 0.3 is 5.97 Å². The van der Waals surface area contributed by atoms with Crippen LogP contribution in [0.25, 0.3) is 0 Å². The number of hydrogen-bond acceptors (Lipinski definition) is 8. The zero-order valence-corrected chi connectivity index (χ0v) is 31.4. The number of rotatable bonds is 19. The molecular weight excluding hydrogens is 655 g/mol. The standard InChI is InChI=1S/C38H57N5O6S/c1-7-49-33(36-41-30(23-50-36)34(44)39-28(19-25(4)38(47)48)20-26-13-9-8-10-14-26)22-32(24(2)3)43(6)37(46)29(21-27-16-17-27)40-35(45)31-15-11-12-18-42(31)5/h8-10,13-14,23-25,27-29,31-33H,7,11-12,15-22H2,1-6H3,(H,39,44)(H,40,45)(H,47,48)/t25-,28+,29-,31+,32+,33+/m0/s1. The van der Waals surface area contributed by atoms with E-state index in [1.165, 1.54) is 11.3 Å². The maximum atomic E-state index is 14.1. The Bertz CT molecular complexity index is 1420. The van der Waals surface area contributed by atoms with E-state index in [4.69, 9.17) is 9.72 Å². The number of carbonyl (C=O) groups is 4. The van der Waals surface area contributed by atoms with Crippen molar-refractivity contribution in [1.29, 1.82) is 0 Å². The van der Waals surface area contributed by atoms with Crippen LogP contribution in [-0.2, 0) is 25.5 Å². The molecule has 1 aliphatic carbocycles. The molecule has 2 aromatic rings. The Hall–Kier alpha value is -3.35. The average molecular weight is 712 g/mol. The van der Waals surface area contributed by atoms with E-state index in [1.54, 1.807) is 17.2 Å². The number of likely N-dealkylation sites (tertiary alicyclic amines) is 1. The predicted octanol–water partition coefficient (Wildman–Crippen LogP) is 5.31. The van der Waals surface area contributed by atoms with Crippen LogP contribution in [0.15, 0.2) is 35.7 Å². The number of aliphatic carboxylic acids is 1. The number of amides is 3. The van der Waals surface area contributed by atoms with Crippen molar-refractivity contribution in [3.8, 4) is 0 Å². The Morgan fingerprint density at radius 2 is 1.78 bits per heavy atom. The smallest absolute Gasteiger partial charge is 0.306 e. The lowest BCUT2D eigenvalue weighted by molar-refractivity contribution is -0.141. The zero-order chi connectivity index (χ0) is 36.4. The van der Waals surface area contributed by atoms with E-state index in [1.807, 2.05) is 51.4 Å². The van der Waals surface area contributed by atoms with Crippen LogP contribution in [0.1, 0.15) is 106 Å². The van der Waals surface area contributed by atoms with Gasteiger partial charge in [-0.3, -0.25) is 24.1 Å². The van der Waals surface area contributed by atoms with Crippen LogP contribution >= 0.6 is 11.3 Å². The van der Waals surface area contributed by atoms with E-state index in [9.17, 15) is 24.3 Å². The summed E-state index contributed by atoms with van der Waals surface area (Å²) in [7, 11) is 3.80. The third-order valence-electron chi connectivity index (χ3n) is 10.1. The summed E-state index contributed by atoms with van der Waals surface area (Å²) in [5.74, 6) is -1.51. The van der Waals surface area contributed by atoms with Gasteiger partial charge in [0.2, 0.25) is 11.8 Å². The number of nitrogens with one attached hydrogen (secondary N) is 2. The van der Waals surface area contributed by atoms with Crippen LogP contribution in [0.5, 0.6) is 0 Å². The van der Waals surface area contributed by atoms with Crippen LogP contribution in [0.3, 0.4) is 0 Å². The van der Waals surface area contributed by atoms with Crippen molar-refractivity contribution in [3.05, 3.63) is 52.0 Å². The third-order valence-corrected chi connectivity index (χ3v) is 11.1. The summed E-state index contributed by atoms with van der Waals surface area (Å²) in [6, 6.07) is 8.30. The van der Waals surface area contributed by atoms with Crippen molar-refractivity contribution >= 4 is 35.0 Å². The molecule has 2 heterocycles. The number of thiazole rings is 1. The van der Waals surface area contributed by atoms with Crippen molar-refractivity contribution in [1.82, 2.24) is 25.4 Å². The molecule has 0 unspecified atom stereocenters. The predicted molar refractivity (Wildman–Crippen MR) is 195 cm³/mol. The molecule has 50 heavy (non-hydrogen) atoms. The van der Waals surface area contributed by atoms with Crippen molar-refractivity contribution in [2.24, 2.45) is 17.8 Å². The van der Waals surface area contributed by atoms with Crippen LogP contribution in [0, 0.1) is 17.8 Å². The fourth-order valence-electron chi connectivity index (χ4n) is 6.95. The van der Waals surface area contributed by atoms with Crippen LogP contribution in [-0.4, -0.2) is 95.0 Å². The second-order valence-corrected chi connectivity index (χ2v) is 15.5. The summed E-state index contributed by atoms with van der Waals surface area (Å²) in [5.41, 5.74) is 1.26. The maximum absolute atomic E-state index is 14.1. The number of carboxylic acid groups (broad SMARTS) is 1. The zero-order valence-electron chi connectivity index (χ0n) is 30.6. The van der Waals surface area contributed by atoms with Crippen LogP contribution < -0.4 is 10.6 Å². The number of carbonyl (C=O) groups excluding carboxylic acids is 3. The molecule has 12 heteroatoms. The van der Waals surface area contributed by atoms with Gasteiger partial charge in [0.1, 0.15) is 22.8 Å². The van der Waals surface area contributed by atoms with E-state index >= 15 is 0 Å². The molecule has 11 nitrogen and oxygen atoms in total. The van der Waals surface area contributed by atoms with E-state index < -0.39 is 30.1 Å². The summed E-state index contributed by atoms with van der Waals surface area (Å²) >= 11 is 1.34. The molecule has 0 radical (unpaired) electrons. The molecule has 6 atom stereocenters. The van der Waals surface area contributed by atoms with E-state index in [0.29, 0.717) is 36.8 Å². The molecule has 4 rings (SSSR count). The number of likely N-dealkylation sites (N-methyl/N-ethyl adjacent to an activating group) is 2. The van der Waals surface area contributed by atoms with Gasteiger partial charge in [-0.25, -0.2) is 4.98 Å². The lowest BCUT2D eigenvalue weighted by Crippen LogP contribution is -2.56. The number of nitrogens with zero attached hydrogens (tertiary/aromatic N) is 3. The average Bonchev–Trinajstić information content (AvgIpc) is 3.77. The second kappa shape index (κ2) is 18.8. The minimum absolute atomic E-state index is 0.0649. The van der Waals surface area contributed by atoms with Gasteiger partial charge in [0.25, 0.3) is 5.91 Å². The molecule has 1 aromatic carbocycles. The van der Waals surface area contributed by atoms with Gasteiger partial charge in [-0.2, -0.15) is 0 Å². The highest BCUT2D eigenvalue weighted by molar-refractivity contribution is 7.09. The lowest BCUT2D eigenvalue weighted by Gasteiger charge is -2.37. The van der Waals surface area contributed by atoms with Gasteiger partial charge in [-0.15, -0.1) is 11.3 Å². The number of aromatic nitrogens is 1. The Morgan fingerprint density at radius 3 is 2.40 bits per heavy atom. The highest BCUT2D eigenvalue weighted by Crippen LogP contribution is 2.35. The molecule has 0 spiro atoms. The van der Waals surface area contributed by atoms with Crippen molar-refractivity contribution in [2.75, 3.05) is 27.2 Å². The normalized spacial score (nSPS) is 19.6. The summed E-state index contributed by atoms with van der Waals surface area (Å²) in [4.78, 5) is 61.2. The quantitative estimate of drug-likeness (QED) is 0.178. The highest BCUT2D eigenvalue weighted by Gasteiger charge is 2.38. The second-order valence-electron chi connectivity index (χ2n) is 14.6. The number of ether oxygens (including phenoxy) is 1.